The van der Waals surface area contributed by atoms with Gasteiger partial charge in [0.2, 0.25) is 11.3 Å². The summed E-state index contributed by atoms with van der Waals surface area (Å²) in [7, 11) is 0. The minimum atomic E-state index is -0.625. The van der Waals surface area contributed by atoms with Crippen molar-refractivity contribution in [3.05, 3.63) is 100 Å². The molecule has 0 saturated carbocycles. The Kier molecular flexibility index (Phi) is 4.81. The fourth-order valence-corrected chi connectivity index (χ4v) is 3.08. The summed E-state index contributed by atoms with van der Waals surface area (Å²) in [4.78, 5) is 45.9. The van der Waals surface area contributed by atoms with Crippen LogP contribution in [0.4, 0.5) is 15.8 Å². The first-order valence-corrected chi connectivity index (χ1v) is 8.92. The van der Waals surface area contributed by atoms with Crippen molar-refractivity contribution >= 4 is 34.2 Å². The van der Waals surface area contributed by atoms with E-state index in [4.69, 9.17) is 5.73 Å². The maximum Gasteiger partial charge on any atom is 0.268 e. The molecule has 0 fully saturated rings. The van der Waals surface area contributed by atoms with Crippen LogP contribution < -0.4 is 16.1 Å². The van der Waals surface area contributed by atoms with Crippen LogP contribution in [-0.4, -0.2) is 21.8 Å². The second kappa shape index (κ2) is 7.59. The number of anilines is 2. The van der Waals surface area contributed by atoms with Gasteiger partial charge >= 0.3 is 0 Å². The van der Waals surface area contributed by atoms with Gasteiger partial charge in [0.05, 0.1) is 5.39 Å². The number of hydrogen-bond acceptors (Lipinski definition) is 4. The number of aromatic nitrogens is 2. The SMILES string of the molecule is NC(=O)c1ccc(N(C(=O)c2c[nH]c3ncccc3c2=O)c2ccc(F)cc2)cc1. The van der Waals surface area contributed by atoms with E-state index in [2.05, 4.69) is 9.97 Å². The van der Waals surface area contributed by atoms with Gasteiger partial charge in [0, 0.05) is 29.3 Å². The van der Waals surface area contributed by atoms with E-state index in [0.29, 0.717) is 17.0 Å². The molecule has 0 aliphatic carbocycles. The third-order valence-corrected chi connectivity index (χ3v) is 4.58. The van der Waals surface area contributed by atoms with Gasteiger partial charge in [0.25, 0.3) is 5.91 Å². The zero-order valence-corrected chi connectivity index (χ0v) is 15.5. The van der Waals surface area contributed by atoms with Crippen LogP contribution in [0.3, 0.4) is 0 Å². The lowest BCUT2D eigenvalue weighted by atomic mass is 10.1. The molecule has 0 radical (unpaired) electrons. The molecule has 2 aromatic carbocycles. The van der Waals surface area contributed by atoms with Gasteiger partial charge in [0.15, 0.2) is 0 Å². The summed E-state index contributed by atoms with van der Waals surface area (Å²) < 4.78 is 13.4. The van der Waals surface area contributed by atoms with Crippen LogP contribution in [0.1, 0.15) is 20.7 Å². The van der Waals surface area contributed by atoms with E-state index in [9.17, 15) is 18.8 Å². The Labute approximate surface area is 169 Å². The molecule has 4 rings (SSSR count). The maximum absolute atomic E-state index is 13.4. The summed E-state index contributed by atoms with van der Waals surface area (Å²) in [5, 5.41) is 0.270. The van der Waals surface area contributed by atoms with E-state index in [0.717, 1.165) is 0 Å². The van der Waals surface area contributed by atoms with Crippen molar-refractivity contribution in [2.24, 2.45) is 5.73 Å². The van der Waals surface area contributed by atoms with Crippen molar-refractivity contribution in [2.75, 3.05) is 4.90 Å². The standard InChI is InChI=1S/C22H15FN4O3/c23-14-5-9-16(10-6-14)27(15-7-3-13(4-8-15)20(24)29)22(30)18-12-26-21-17(19(18)28)2-1-11-25-21/h1-12H,(H2,24,29)(H,25,26,28). The summed E-state index contributed by atoms with van der Waals surface area (Å²) in [6, 6.07) is 14.4. The lowest BCUT2D eigenvalue weighted by molar-refractivity contribution is 0.0992. The van der Waals surface area contributed by atoms with Crippen molar-refractivity contribution in [3.8, 4) is 0 Å². The molecule has 2 aromatic heterocycles. The topological polar surface area (TPSA) is 109 Å². The number of nitrogens with zero attached hydrogens (tertiary/aromatic N) is 2. The van der Waals surface area contributed by atoms with Crippen LogP contribution >= 0.6 is 0 Å². The third kappa shape index (κ3) is 3.42. The number of rotatable bonds is 4. The number of H-pyrrole nitrogens is 1. The molecular weight excluding hydrogens is 387 g/mol. The Morgan fingerprint density at radius 2 is 1.60 bits per heavy atom. The predicted molar refractivity (Wildman–Crippen MR) is 110 cm³/mol. The van der Waals surface area contributed by atoms with Crippen LogP contribution in [0.25, 0.3) is 11.0 Å². The van der Waals surface area contributed by atoms with Crippen molar-refractivity contribution < 1.29 is 14.0 Å². The van der Waals surface area contributed by atoms with Gasteiger partial charge < -0.3 is 10.7 Å². The summed E-state index contributed by atoms with van der Waals surface area (Å²) in [5.74, 6) is -1.70. The van der Waals surface area contributed by atoms with E-state index in [1.165, 1.54) is 65.8 Å². The van der Waals surface area contributed by atoms with Gasteiger partial charge in [0.1, 0.15) is 17.0 Å². The van der Waals surface area contributed by atoms with Crippen molar-refractivity contribution in [1.82, 2.24) is 9.97 Å². The first kappa shape index (κ1) is 19.0. The second-order valence-corrected chi connectivity index (χ2v) is 6.46. The first-order valence-electron chi connectivity index (χ1n) is 8.92. The Bertz CT molecular complexity index is 1320. The van der Waals surface area contributed by atoms with E-state index < -0.39 is 23.1 Å². The van der Waals surface area contributed by atoms with E-state index >= 15 is 0 Å². The number of fused-ring (bicyclic) bond motifs is 1. The first-order chi connectivity index (χ1) is 14.5. The Balaban J connectivity index is 1.86. The van der Waals surface area contributed by atoms with Gasteiger partial charge in [-0.15, -0.1) is 0 Å². The number of aromatic amines is 1. The van der Waals surface area contributed by atoms with Gasteiger partial charge in [-0.2, -0.15) is 0 Å². The quantitative estimate of drug-likeness (QED) is 0.546. The lowest BCUT2D eigenvalue weighted by Crippen LogP contribution is -2.31. The Morgan fingerprint density at radius 3 is 2.23 bits per heavy atom. The Hall–Kier alpha value is -4.33. The number of hydrogen-bond donors (Lipinski definition) is 2. The highest BCUT2D eigenvalue weighted by Crippen LogP contribution is 2.28. The maximum atomic E-state index is 13.4. The second-order valence-electron chi connectivity index (χ2n) is 6.46. The van der Waals surface area contributed by atoms with E-state index in [-0.39, 0.29) is 16.5 Å². The van der Waals surface area contributed by atoms with Gasteiger partial charge in [-0.25, -0.2) is 9.37 Å². The summed E-state index contributed by atoms with van der Waals surface area (Å²) >= 11 is 0. The van der Waals surface area contributed by atoms with Gasteiger partial charge in [-0.1, -0.05) is 0 Å². The molecule has 0 aliphatic heterocycles. The van der Waals surface area contributed by atoms with Crippen molar-refractivity contribution in [3.63, 3.8) is 0 Å². The van der Waals surface area contributed by atoms with E-state index in [1.54, 1.807) is 12.1 Å². The molecule has 7 nitrogen and oxygen atoms in total. The van der Waals surface area contributed by atoms with Crippen molar-refractivity contribution in [1.29, 1.82) is 0 Å². The zero-order chi connectivity index (χ0) is 21.3. The van der Waals surface area contributed by atoms with Crippen LogP contribution in [0.15, 0.2) is 77.9 Å². The molecule has 0 atom stereocenters. The highest BCUT2D eigenvalue weighted by molar-refractivity contribution is 6.11. The van der Waals surface area contributed by atoms with Crippen LogP contribution in [0, 0.1) is 5.82 Å². The molecule has 2 amide bonds. The molecule has 4 aromatic rings. The summed E-state index contributed by atoms with van der Waals surface area (Å²) in [6.45, 7) is 0. The number of primary amides is 1. The number of nitrogens with one attached hydrogen (secondary N) is 1. The molecule has 2 heterocycles. The summed E-state index contributed by atoms with van der Waals surface area (Å²) in [5.41, 5.74) is 6.03. The monoisotopic (exact) mass is 402 g/mol. The molecule has 30 heavy (non-hydrogen) atoms. The number of halogens is 1. The number of amides is 2. The molecule has 3 N–H and O–H groups in total. The smallest absolute Gasteiger partial charge is 0.268 e. The highest BCUT2D eigenvalue weighted by atomic mass is 19.1. The van der Waals surface area contributed by atoms with Crippen molar-refractivity contribution in [2.45, 2.75) is 0 Å². The predicted octanol–water partition coefficient (Wildman–Crippen LogP) is 3.14. The highest BCUT2D eigenvalue weighted by Gasteiger charge is 2.23. The normalized spacial score (nSPS) is 10.7. The van der Waals surface area contributed by atoms with E-state index in [1.807, 2.05) is 0 Å². The van der Waals surface area contributed by atoms with Gasteiger partial charge in [-0.05, 0) is 60.7 Å². The molecule has 0 unspecified atom stereocenters. The Morgan fingerprint density at radius 1 is 0.967 bits per heavy atom. The fourth-order valence-electron chi connectivity index (χ4n) is 3.08. The molecular formula is C22H15FN4O3. The van der Waals surface area contributed by atoms with Gasteiger partial charge in [-0.3, -0.25) is 19.3 Å². The molecule has 0 bridgehead atoms. The molecule has 148 valence electrons. The molecule has 8 heteroatoms. The third-order valence-electron chi connectivity index (χ3n) is 4.58. The average Bonchev–Trinajstić information content (AvgIpc) is 2.76. The minimum Gasteiger partial charge on any atom is -0.366 e. The fraction of sp³-hybridized carbons (Fsp3) is 0. The zero-order valence-electron chi connectivity index (χ0n) is 15.5. The molecule has 0 saturated heterocycles. The van der Waals surface area contributed by atoms with Crippen LogP contribution in [-0.2, 0) is 0 Å². The van der Waals surface area contributed by atoms with Crippen LogP contribution in [0.2, 0.25) is 0 Å². The number of nitrogens with two attached hydrogens (primary N) is 1. The lowest BCUT2D eigenvalue weighted by Gasteiger charge is -2.23. The summed E-state index contributed by atoms with van der Waals surface area (Å²) in [6.07, 6.45) is 2.83. The minimum absolute atomic E-state index is 0.112. The number of carbonyl (C=O) groups is 2. The average molecular weight is 402 g/mol. The molecule has 0 aliphatic rings. The van der Waals surface area contributed by atoms with Crippen LogP contribution in [0.5, 0.6) is 0 Å². The number of carbonyl (C=O) groups excluding carboxylic acids is 2. The number of benzene rings is 2. The largest absolute Gasteiger partial charge is 0.366 e. The molecule has 0 spiro atoms. The number of pyridine rings is 2.